The Morgan fingerprint density at radius 1 is 1.09 bits per heavy atom. The van der Waals surface area contributed by atoms with Gasteiger partial charge < -0.3 is 4.90 Å². The number of carbonyl (C=O) groups excluding carboxylic acids is 1. The molecule has 8 nitrogen and oxygen atoms in total. The summed E-state index contributed by atoms with van der Waals surface area (Å²) in [5, 5.41) is 13.2. The molecule has 1 amide bonds. The Bertz CT molecular complexity index is 841. The molecule has 32 heavy (non-hydrogen) atoms. The van der Waals surface area contributed by atoms with Crippen molar-refractivity contribution in [3.8, 4) is 0 Å². The minimum atomic E-state index is 0.239. The lowest BCUT2D eigenvalue weighted by Gasteiger charge is -2.36. The number of rotatable bonds is 4. The van der Waals surface area contributed by atoms with Crippen LogP contribution in [0.4, 0.5) is 0 Å². The smallest absolute Gasteiger partial charge is 0.236 e. The summed E-state index contributed by atoms with van der Waals surface area (Å²) in [7, 11) is 0. The van der Waals surface area contributed by atoms with Crippen LogP contribution in [0, 0.1) is 0 Å². The van der Waals surface area contributed by atoms with Crippen molar-refractivity contribution in [2.45, 2.75) is 77.9 Å². The summed E-state index contributed by atoms with van der Waals surface area (Å²) in [5.74, 6) is 1.08. The van der Waals surface area contributed by atoms with Gasteiger partial charge in [-0.05, 0) is 50.7 Å². The second-order valence-corrected chi connectivity index (χ2v) is 9.21. The van der Waals surface area contributed by atoms with E-state index in [-0.39, 0.29) is 11.9 Å². The van der Waals surface area contributed by atoms with E-state index in [9.17, 15) is 4.79 Å². The van der Waals surface area contributed by atoms with Crippen LogP contribution in [0.1, 0.15) is 64.1 Å². The SMILES string of the molecule is CC.CC1CC=C(n2ncc3c2CN(CC(=O)N2CCCN(C4CCC4)CC2)CC3)N=N1. The Morgan fingerprint density at radius 3 is 2.66 bits per heavy atom. The van der Waals surface area contributed by atoms with Crippen molar-refractivity contribution in [3.05, 3.63) is 23.5 Å². The number of amides is 1. The van der Waals surface area contributed by atoms with Gasteiger partial charge in [-0.15, -0.1) is 5.11 Å². The van der Waals surface area contributed by atoms with E-state index in [1.165, 1.54) is 24.8 Å². The van der Waals surface area contributed by atoms with Crippen molar-refractivity contribution in [2.75, 3.05) is 39.3 Å². The Labute approximate surface area is 192 Å². The molecule has 4 aliphatic rings. The third-order valence-corrected chi connectivity index (χ3v) is 7.08. The second kappa shape index (κ2) is 10.7. The van der Waals surface area contributed by atoms with Gasteiger partial charge in [0.15, 0.2) is 5.82 Å². The summed E-state index contributed by atoms with van der Waals surface area (Å²) in [6, 6.07) is 1.01. The van der Waals surface area contributed by atoms with E-state index in [2.05, 4.69) is 43.0 Å². The summed E-state index contributed by atoms with van der Waals surface area (Å²) in [6.07, 6.45) is 11.0. The van der Waals surface area contributed by atoms with E-state index < -0.39 is 0 Å². The van der Waals surface area contributed by atoms with Crippen LogP contribution in [0.15, 0.2) is 22.5 Å². The van der Waals surface area contributed by atoms with Crippen LogP contribution in [-0.4, -0.2) is 81.7 Å². The number of hydrogen-bond donors (Lipinski definition) is 0. The quantitative estimate of drug-likeness (QED) is 0.718. The highest BCUT2D eigenvalue weighted by molar-refractivity contribution is 5.78. The van der Waals surface area contributed by atoms with Gasteiger partial charge in [-0.1, -0.05) is 20.3 Å². The van der Waals surface area contributed by atoms with Crippen molar-refractivity contribution >= 4 is 11.7 Å². The molecular weight excluding hydrogens is 402 g/mol. The van der Waals surface area contributed by atoms with E-state index >= 15 is 0 Å². The van der Waals surface area contributed by atoms with Gasteiger partial charge in [-0.3, -0.25) is 14.6 Å². The van der Waals surface area contributed by atoms with Gasteiger partial charge >= 0.3 is 0 Å². The zero-order valence-corrected chi connectivity index (χ0v) is 20.0. The molecule has 1 aromatic heterocycles. The largest absolute Gasteiger partial charge is 0.340 e. The maximum Gasteiger partial charge on any atom is 0.236 e. The lowest BCUT2D eigenvalue weighted by atomic mass is 9.91. The number of fused-ring (bicyclic) bond motifs is 1. The monoisotopic (exact) mass is 441 g/mol. The van der Waals surface area contributed by atoms with Gasteiger partial charge in [-0.25, -0.2) is 4.68 Å². The first-order valence-corrected chi connectivity index (χ1v) is 12.6. The number of hydrogen-bond acceptors (Lipinski definition) is 6. The predicted octanol–water partition coefficient (Wildman–Crippen LogP) is 3.40. The number of aromatic nitrogens is 2. The molecule has 0 aromatic carbocycles. The highest BCUT2D eigenvalue weighted by Crippen LogP contribution is 2.26. The van der Waals surface area contributed by atoms with Crippen molar-refractivity contribution < 1.29 is 4.79 Å². The van der Waals surface area contributed by atoms with Gasteiger partial charge in [0.2, 0.25) is 5.91 Å². The third kappa shape index (κ3) is 5.12. The highest BCUT2D eigenvalue weighted by atomic mass is 16.2. The first-order valence-electron chi connectivity index (χ1n) is 12.6. The van der Waals surface area contributed by atoms with E-state index in [1.54, 1.807) is 0 Å². The number of nitrogens with zero attached hydrogens (tertiary/aromatic N) is 7. The lowest BCUT2D eigenvalue weighted by Crippen LogP contribution is -2.45. The van der Waals surface area contributed by atoms with Crippen LogP contribution < -0.4 is 0 Å². The molecule has 0 spiro atoms. The molecule has 176 valence electrons. The van der Waals surface area contributed by atoms with Crippen LogP contribution in [0.25, 0.3) is 5.82 Å². The summed E-state index contributed by atoms with van der Waals surface area (Å²) in [5.41, 5.74) is 2.42. The fourth-order valence-electron chi connectivity index (χ4n) is 4.93. The molecule has 1 aromatic rings. The molecule has 2 fully saturated rings. The zero-order valence-electron chi connectivity index (χ0n) is 20.0. The normalized spacial score (nSPS) is 24.7. The van der Waals surface area contributed by atoms with E-state index in [1.807, 2.05) is 24.7 Å². The average Bonchev–Trinajstić information content (AvgIpc) is 3.04. The summed E-state index contributed by atoms with van der Waals surface area (Å²) in [6.45, 7) is 12.1. The van der Waals surface area contributed by atoms with Gasteiger partial charge in [0, 0.05) is 45.3 Å². The van der Waals surface area contributed by atoms with E-state index in [4.69, 9.17) is 0 Å². The molecule has 0 N–H and O–H groups in total. The van der Waals surface area contributed by atoms with Crippen LogP contribution in [0.3, 0.4) is 0 Å². The molecule has 5 rings (SSSR count). The Balaban J connectivity index is 0.00000119. The Kier molecular flexibility index (Phi) is 7.73. The fraction of sp³-hybridized carbons (Fsp3) is 0.750. The van der Waals surface area contributed by atoms with Crippen LogP contribution in [-0.2, 0) is 17.8 Å². The molecule has 1 atom stereocenters. The van der Waals surface area contributed by atoms with Crippen molar-refractivity contribution in [1.29, 1.82) is 0 Å². The number of azo groups is 1. The molecule has 1 aliphatic carbocycles. The first-order chi connectivity index (χ1) is 15.7. The lowest BCUT2D eigenvalue weighted by molar-refractivity contribution is -0.132. The molecule has 3 aliphatic heterocycles. The minimum Gasteiger partial charge on any atom is -0.340 e. The van der Waals surface area contributed by atoms with Crippen molar-refractivity contribution in [1.82, 2.24) is 24.5 Å². The van der Waals surface area contributed by atoms with Crippen LogP contribution in [0.5, 0.6) is 0 Å². The van der Waals surface area contributed by atoms with Gasteiger partial charge in [0.1, 0.15) is 0 Å². The molecule has 8 heteroatoms. The van der Waals surface area contributed by atoms with Gasteiger partial charge in [0.05, 0.1) is 24.5 Å². The fourth-order valence-corrected chi connectivity index (χ4v) is 4.93. The molecule has 1 unspecified atom stereocenters. The van der Waals surface area contributed by atoms with Gasteiger partial charge in [0.25, 0.3) is 0 Å². The van der Waals surface area contributed by atoms with Crippen molar-refractivity contribution in [2.24, 2.45) is 10.2 Å². The van der Waals surface area contributed by atoms with Crippen LogP contribution in [0.2, 0.25) is 0 Å². The molecule has 1 saturated heterocycles. The Morgan fingerprint density at radius 2 is 1.94 bits per heavy atom. The topological polar surface area (TPSA) is 69.3 Å². The second-order valence-electron chi connectivity index (χ2n) is 9.21. The van der Waals surface area contributed by atoms with E-state index in [0.29, 0.717) is 6.54 Å². The highest BCUT2D eigenvalue weighted by Gasteiger charge is 2.29. The molecular formula is C24H39N7O. The standard InChI is InChI=1S/C22H33N7O.C2H6/c1-17-6-7-21(25-24-17)29-20-15-26(11-8-18(20)14-23-29)16-22(30)28-10-3-9-27(12-13-28)19-4-2-5-19;1-2/h7,14,17,19H,2-6,8-13,15-16H2,1H3;1-2H3. The third-order valence-electron chi connectivity index (χ3n) is 7.08. The molecule has 0 bridgehead atoms. The summed E-state index contributed by atoms with van der Waals surface area (Å²) in [4.78, 5) is 20.0. The van der Waals surface area contributed by atoms with Gasteiger partial charge in [-0.2, -0.15) is 10.2 Å². The van der Waals surface area contributed by atoms with Crippen molar-refractivity contribution in [3.63, 3.8) is 0 Å². The summed E-state index contributed by atoms with van der Waals surface area (Å²) < 4.78 is 1.92. The predicted molar refractivity (Wildman–Crippen MR) is 126 cm³/mol. The number of carbonyl (C=O) groups is 1. The Hall–Kier alpha value is -2.06. The maximum atomic E-state index is 13.1. The minimum absolute atomic E-state index is 0.239. The summed E-state index contributed by atoms with van der Waals surface area (Å²) >= 11 is 0. The average molecular weight is 442 g/mol. The molecule has 1 saturated carbocycles. The molecule has 4 heterocycles. The first kappa shape index (κ1) is 23.1. The zero-order chi connectivity index (χ0) is 22.5. The molecule has 0 radical (unpaired) electrons. The van der Waals surface area contributed by atoms with E-state index in [0.717, 1.165) is 76.1 Å². The van der Waals surface area contributed by atoms with Crippen LogP contribution >= 0.6 is 0 Å². The maximum absolute atomic E-state index is 13.1.